The number of hydrogen-bond acceptors (Lipinski definition) is 6. The van der Waals surface area contributed by atoms with Gasteiger partial charge >= 0.3 is 0 Å². The molecule has 0 bridgehead atoms. The second-order valence-corrected chi connectivity index (χ2v) is 7.08. The summed E-state index contributed by atoms with van der Waals surface area (Å²) in [4.78, 5) is 9.11. The number of benzene rings is 1. The predicted molar refractivity (Wildman–Crippen MR) is 102 cm³/mol. The average Bonchev–Trinajstić information content (AvgIpc) is 3.03. The first-order valence-corrected chi connectivity index (χ1v) is 9.46. The lowest BCUT2D eigenvalue weighted by atomic mass is 10.1. The van der Waals surface area contributed by atoms with Crippen molar-refractivity contribution in [1.29, 1.82) is 0 Å². The number of aromatic nitrogens is 1. The molecule has 7 heteroatoms. The third-order valence-electron chi connectivity index (χ3n) is 4.39. The Kier molecular flexibility index (Phi) is 6.12. The number of rotatable bonds is 6. The zero-order valence-corrected chi connectivity index (χ0v) is 15.5. The van der Waals surface area contributed by atoms with Gasteiger partial charge in [0.1, 0.15) is 5.82 Å². The van der Waals surface area contributed by atoms with E-state index in [2.05, 4.69) is 32.2 Å². The Morgan fingerprint density at radius 1 is 1.28 bits per heavy atom. The van der Waals surface area contributed by atoms with Crippen LogP contribution in [0.5, 0.6) is 0 Å². The molecule has 0 amide bonds. The first kappa shape index (κ1) is 18.0. The maximum Gasteiger partial charge on any atom is 0.203 e. The van der Waals surface area contributed by atoms with Crippen LogP contribution in [0.15, 0.2) is 28.7 Å². The van der Waals surface area contributed by atoms with Crippen molar-refractivity contribution < 1.29 is 4.39 Å². The third kappa shape index (κ3) is 5.07. The summed E-state index contributed by atoms with van der Waals surface area (Å²) >= 11 is 1.51. The Morgan fingerprint density at radius 3 is 2.72 bits per heavy atom. The van der Waals surface area contributed by atoms with Crippen LogP contribution in [0.1, 0.15) is 23.7 Å². The molecule has 0 spiro atoms. The number of thiazole rings is 1. The number of anilines is 1. The zero-order chi connectivity index (χ0) is 17.6. The molecule has 2 aromatic rings. The van der Waals surface area contributed by atoms with Gasteiger partial charge in [-0.3, -0.25) is 10.3 Å². The van der Waals surface area contributed by atoms with Crippen LogP contribution in [0, 0.1) is 12.7 Å². The van der Waals surface area contributed by atoms with Gasteiger partial charge in [0.2, 0.25) is 5.13 Å². The Labute approximate surface area is 152 Å². The van der Waals surface area contributed by atoms with Crippen LogP contribution < -0.4 is 5.43 Å². The maximum absolute atomic E-state index is 13.7. The lowest BCUT2D eigenvalue weighted by molar-refractivity contribution is 0.132. The topological polar surface area (TPSA) is 43.8 Å². The van der Waals surface area contributed by atoms with Crippen LogP contribution in [-0.2, 0) is 6.54 Å². The van der Waals surface area contributed by atoms with Gasteiger partial charge in [-0.05, 0) is 36.7 Å². The number of hydrazone groups is 1. The molecule has 1 N–H and O–H groups in total. The number of aryl methyl sites for hydroxylation is 1. The van der Waals surface area contributed by atoms with E-state index >= 15 is 0 Å². The summed E-state index contributed by atoms with van der Waals surface area (Å²) in [5, 5.41) is 6.98. The van der Waals surface area contributed by atoms with Crippen molar-refractivity contribution in [2.45, 2.75) is 20.4 Å². The number of piperazine rings is 1. The molecule has 0 unspecified atom stereocenters. The van der Waals surface area contributed by atoms with Gasteiger partial charge in [0.05, 0.1) is 11.9 Å². The van der Waals surface area contributed by atoms with E-state index in [1.54, 1.807) is 18.3 Å². The SMILES string of the molecule is CCN1CCN(Cc2cc(F)ccc2C=NNc2nc(C)cs2)CC1. The Hall–Kier alpha value is -1.83. The van der Waals surface area contributed by atoms with Gasteiger partial charge in [0.15, 0.2) is 0 Å². The van der Waals surface area contributed by atoms with Crippen molar-refractivity contribution >= 4 is 22.7 Å². The molecule has 1 fully saturated rings. The fraction of sp³-hybridized carbons (Fsp3) is 0.444. The lowest BCUT2D eigenvalue weighted by Gasteiger charge is -2.34. The summed E-state index contributed by atoms with van der Waals surface area (Å²) in [5.74, 6) is -0.206. The minimum atomic E-state index is -0.206. The number of nitrogens with one attached hydrogen (secondary N) is 1. The highest BCUT2D eigenvalue weighted by atomic mass is 32.1. The summed E-state index contributed by atoms with van der Waals surface area (Å²) in [6, 6.07) is 4.87. The molecule has 0 saturated carbocycles. The molecule has 1 aromatic carbocycles. The minimum absolute atomic E-state index is 0.206. The van der Waals surface area contributed by atoms with Gasteiger partial charge in [-0.15, -0.1) is 11.3 Å². The van der Waals surface area contributed by atoms with Crippen molar-refractivity contribution in [3.05, 3.63) is 46.2 Å². The molecule has 3 rings (SSSR count). The second-order valence-electron chi connectivity index (χ2n) is 6.22. The molecule has 1 aliphatic rings. The van der Waals surface area contributed by atoms with Crippen LogP contribution in [-0.4, -0.2) is 53.7 Å². The Morgan fingerprint density at radius 2 is 2.04 bits per heavy atom. The summed E-state index contributed by atoms with van der Waals surface area (Å²) in [6.07, 6.45) is 1.74. The Bertz CT molecular complexity index is 722. The normalized spacial score (nSPS) is 16.6. The third-order valence-corrected chi connectivity index (χ3v) is 5.26. The van der Waals surface area contributed by atoms with E-state index in [0.29, 0.717) is 0 Å². The van der Waals surface area contributed by atoms with E-state index < -0.39 is 0 Å². The van der Waals surface area contributed by atoms with E-state index in [0.717, 1.165) is 61.2 Å². The Balaban J connectivity index is 1.65. The predicted octanol–water partition coefficient (Wildman–Crippen LogP) is 3.17. The molecule has 1 aliphatic heterocycles. The molecule has 1 aromatic heterocycles. The van der Waals surface area contributed by atoms with Crippen LogP contribution in [0.3, 0.4) is 0 Å². The van der Waals surface area contributed by atoms with E-state index in [1.807, 2.05) is 12.3 Å². The minimum Gasteiger partial charge on any atom is -0.301 e. The smallest absolute Gasteiger partial charge is 0.203 e. The summed E-state index contributed by atoms with van der Waals surface area (Å²) in [7, 11) is 0. The highest BCUT2D eigenvalue weighted by Gasteiger charge is 2.16. The molecule has 25 heavy (non-hydrogen) atoms. The standard InChI is InChI=1S/C18H24FN5S/c1-3-23-6-8-24(9-7-23)12-16-10-17(19)5-4-15(16)11-20-22-18-21-14(2)13-25-18/h4-5,10-11,13H,3,6-9,12H2,1-2H3,(H,21,22). The van der Waals surface area contributed by atoms with Gasteiger partial charge in [0, 0.05) is 38.1 Å². The van der Waals surface area contributed by atoms with Crippen molar-refractivity contribution in [3.63, 3.8) is 0 Å². The van der Waals surface area contributed by atoms with Crippen LogP contribution in [0.25, 0.3) is 0 Å². The van der Waals surface area contributed by atoms with Crippen molar-refractivity contribution in [3.8, 4) is 0 Å². The summed E-state index contributed by atoms with van der Waals surface area (Å²) in [6.45, 7) is 10.1. The number of likely N-dealkylation sites (N-methyl/N-ethyl adjacent to an activating group) is 1. The van der Waals surface area contributed by atoms with Crippen LogP contribution >= 0.6 is 11.3 Å². The monoisotopic (exact) mass is 361 g/mol. The van der Waals surface area contributed by atoms with Crippen molar-refractivity contribution in [2.75, 3.05) is 38.1 Å². The van der Waals surface area contributed by atoms with Crippen LogP contribution in [0.4, 0.5) is 9.52 Å². The molecule has 5 nitrogen and oxygen atoms in total. The molecule has 2 heterocycles. The number of hydrogen-bond donors (Lipinski definition) is 1. The van der Waals surface area contributed by atoms with Gasteiger partial charge in [-0.25, -0.2) is 9.37 Å². The highest BCUT2D eigenvalue weighted by Crippen LogP contribution is 2.16. The average molecular weight is 361 g/mol. The molecule has 134 valence electrons. The summed E-state index contributed by atoms with van der Waals surface area (Å²) in [5.41, 5.74) is 5.80. The molecule has 1 saturated heterocycles. The summed E-state index contributed by atoms with van der Waals surface area (Å²) < 4.78 is 13.7. The van der Waals surface area contributed by atoms with Gasteiger partial charge in [-0.1, -0.05) is 13.0 Å². The van der Waals surface area contributed by atoms with E-state index in [9.17, 15) is 4.39 Å². The van der Waals surface area contributed by atoms with E-state index in [-0.39, 0.29) is 5.82 Å². The quantitative estimate of drug-likeness (QED) is 0.634. The number of halogens is 1. The second kappa shape index (κ2) is 8.51. The zero-order valence-electron chi connectivity index (χ0n) is 14.7. The fourth-order valence-corrected chi connectivity index (χ4v) is 3.54. The first-order valence-electron chi connectivity index (χ1n) is 8.58. The molecular weight excluding hydrogens is 337 g/mol. The molecule has 0 radical (unpaired) electrons. The first-order chi connectivity index (χ1) is 12.1. The maximum atomic E-state index is 13.7. The van der Waals surface area contributed by atoms with Gasteiger partial charge < -0.3 is 4.90 Å². The molecular formula is C18H24FN5S. The van der Waals surface area contributed by atoms with E-state index in [1.165, 1.54) is 17.4 Å². The lowest BCUT2D eigenvalue weighted by Crippen LogP contribution is -2.45. The van der Waals surface area contributed by atoms with Crippen molar-refractivity contribution in [1.82, 2.24) is 14.8 Å². The van der Waals surface area contributed by atoms with E-state index in [4.69, 9.17) is 0 Å². The largest absolute Gasteiger partial charge is 0.301 e. The highest BCUT2D eigenvalue weighted by molar-refractivity contribution is 7.13. The molecule has 0 atom stereocenters. The number of nitrogens with zero attached hydrogens (tertiary/aromatic N) is 4. The van der Waals surface area contributed by atoms with Gasteiger partial charge in [0.25, 0.3) is 0 Å². The molecule has 0 aliphatic carbocycles. The van der Waals surface area contributed by atoms with Crippen molar-refractivity contribution in [2.24, 2.45) is 5.10 Å². The fourth-order valence-electron chi connectivity index (χ4n) is 2.90. The van der Waals surface area contributed by atoms with Crippen LogP contribution in [0.2, 0.25) is 0 Å². The van der Waals surface area contributed by atoms with Gasteiger partial charge in [-0.2, -0.15) is 5.10 Å².